The van der Waals surface area contributed by atoms with Gasteiger partial charge in [0.05, 0.1) is 0 Å². The molecular weight excluding hydrogens is 234 g/mol. The van der Waals surface area contributed by atoms with Crippen LogP contribution in [0.4, 0.5) is 0 Å². The number of amides is 1. The Morgan fingerprint density at radius 2 is 2.29 bits per heavy atom. The summed E-state index contributed by atoms with van der Waals surface area (Å²) in [6, 6.07) is 0. The zero-order chi connectivity index (χ0) is 12.1. The van der Waals surface area contributed by atoms with Crippen molar-refractivity contribution < 1.29 is 4.79 Å². The highest BCUT2D eigenvalue weighted by atomic mass is 32.2. The van der Waals surface area contributed by atoms with E-state index in [4.69, 9.17) is 0 Å². The molecule has 1 fully saturated rings. The summed E-state index contributed by atoms with van der Waals surface area (Å²) in [5.41, 5.74) is 0. The second-order valence-electron chi connectivity index (χ2n) is 4.21. The van der Waals surface area contributed by atoms with Crippen LogP contribution in [-0.2, 0) is 11.3 Å². The van der Waals surface area contributed by atoms with E-state index in [1.54, 1.807) is 0 Å². The lowest BCUT2D eigenvalue weighted by Gasteiger charge is -2.26. The zero-order valence-electron chi connectivity index (χ0n) is 10.2. The summed E-state index contributed by atoms with van der Waals surface area (Å²) in [6.45, 7) is 4.65. The number of nitrogens with zero attached hydrogens (tertiary/aromatic N) is 3. The van der Waals surface area contributed by atoms with Crippen LogP contribution >= 0.6 is 11.8 Å². The lowest BCUT2D eigenvalue weighted by Crippen LogP contribution is -2.37. The van der Waals surface area contributed by atoms with Gasteiger partial charge in [-0.3, -0.25) is 4.79 Å². The van der Waals surface area contributed by atoms with Gasteiger partial charge in [0, 0.05) is 43.8 Å². The fourth-order valence-electron chi connectivity index (χ4n) is 1.95. The van der Waals surface area contributed by atoms with Crippen molar-refractivity contribution in [3.8, 4) is 0 Å². The van der Waals surface area contributed by atoms with Crippen molar-refractivity contribution in [2.75, 3.05) is 24.6 Å². The van der Waals surface area contributed by atoms with Gasteiger partial charge >= 0.3 is 0 Å². The third kappa shape index (κ3) is 3.49. The highest BCUT2D eigenvalue weighted by Crippen LogP contribution is 2.11. The van der Waals surface area contributed by atoms with Gasteiger partial charge in [0.1, 0.15) is 12.0 Å². The Bertz CT molecular complexity index is 372. The van der Waals surface area contributed by atoms with E-state index in [1.807, 2.05) is 34.3 Å². The molecule has 1 aromatic rings. The summed E-state index contributed by atoms with van der Waals surface area (Å²) in [6.07, 6.45) is 6.18. The molecule has 1 saturated heterocycles. The Morgan fingerprint density at radius 3 is 2.94 bits per heavy atom. The van der Waals surface area contributed by atoms with Crippen molar-refractivity contribution in [2.24, 2.45) is 0 Å². The molecule has 0 bridgehead atoms. The van der Waals surface area contributed by atoms with Gasteiger partial charge in [0.15, 0.2) is 0 Å². The topological polar surface area (TPSA) is 38.1 Å². The van der Waals surface area contributed by atoms with Gasteiger partial charge in [0.25, 0.3) is 0 Å². The molecule has 1 radical (unpaired) electrons. The number of rotatable bonds is 4. The summed E-state index contributed by atoms with van der Waals surface area (Å²) < 4.78 is 2.04. The van der Waals surface area contributed by atoms with Crippen LogP contribution in [0, 0.1) is 13.1 Å². The fourth-order valence-corrected chi connectivity index (χ4v) is 2.85. The molecule has 0 aromatic carbocycles. The number of carbonyl (C=O) groups is 1. The molecule has 2 heterocycles. The van der Waals surface area contributed by atoms with E-state index < -0.39 is 0 Å². The van der Waals surface area contributed by atoms with E-state index in [2.05, 4.69) is 11.2 Å². The average molecular weight is 252 g/mol. The standard InChI is InChI=1S/C12H18N3OS/c1-11-13-4-6-14(11)5-2-3-12(16)15-7-9-17-10-8-15/h6H,2-3,5,7-10H2,1H3. The molecule has 17 heavy (non-hydrogen) atoms. The highest BCUT2D eigenvalue weighted by Gasteiger charge is 2.15. The zero-order valence-corrected chi connectivity index (χ0v) is 11.0. The fraction of sp³-hybridized carbons (Fsp3) is 0.667. The minimum absolute atomic E-state index is 0.298. The van der Waals surface area contributed by atoms with Crippen LogP contribution in [0.5, 0.6) is 0 Å². The van der Waals surface area contributed by atoms with E-state index in [-0.39, 0.29) is 0 Å². The van der Waals surface area contributed by atoms with Crippen LogP contribution < -0.4 is 0 Å². The highest BCUT2D eigenvalue weighted by molar-refractivity contribution is 7.99. The lowest BCUT2D eigenvalue weighted by molar-refractivity contribution is -0.130. The van der Waals surface area contributed by atoms with Crippen LogP contribution in [-0.4, -0.2) is 45.0 Å². The third-order valence-corrected chi connectivity index (χ3v) is 3.95. The maximum atomic E-state index is 11.9. The number of carbonyl (C=O) groups excluding carboxylic acids is 1. The Kier molecular flexibility index (Phi) is 4.48. The Hall–Kier alpha value is -0.970. The first kappa shape index (κ1) is 12.5. The van der Waals surface area contributed by atoms with Gasteiger partial charge in [-0.15, -0.1) is 0 Å². The molecular formula is C12H18N3OS. The largest absolute Gasteiger partial charge is 0.341 e. The predicted molar refractivity (Wildman–Crippen MR) is 68.9 cm³/mol. The summed E-state index contributed by atoms with van der Waals surface area (Å²) in [7, 11) is 0. The van der Waals surface area contributed by atoms with Gasteiger partial charge in [0.2, 0.25) is 5.91 Å². The molecule has 5 heteroatoms. The maximum absolute atomic E-state index is 11.9. The molecule has 0 atom stereocenters. The van der Waals surface area contributed by atoms with Gasteiger partial charge < -0.3 is 9.47 Å². The van der Waals surface area contributed by atoms with Gasteiger partial charge in [-0.25, -0.2) is 4.98 Å². The Morgan fingerprint density at radius 1 is 1.53 bits per heavy atom. The monoisotopic (exact) mass is 252 g/mol. The first-order valence-corrected chi connectivity index (χ1v) is 7.18. The van der Waals surface area contributed by atoms with E-state index in [0.717, 1.165) is 43.4 Å². The predicted octanol–water partition coefficient (Wildman–Crippen LogP) is 1.35. The van der Waals surface area contributed by atoms with Crippen molar-refractivity contribution in [2.45, 2.75) is 26.3 Å². The molecule has 0 saturated carbocycles. The van der Waals surface area contributed by atoms with Crippen LogP contribution in [0.15, 0.2) is 6.20 Å². The summed E-state index contributed by atoms with van der Waals surface area (Å²) in [4.78, 5) is 17.9. The first-order chi connectivity index (χ1) is 8.27. The molecule has 0 unspecified atom stereocenters. The second-order valence-corrected chi connectivity index (χ2v) is 5.43. The van der Waals surface area contributed by atoms with Crippen molar-refractivity contribution in [3.05, 3.63) is 18.2 Å². The lowest BCUT2D eigenvalue weighted by atomic mass is 10.2. The van der Waals surface area contributed by atoms with Gasteiger partial charge in [-0.05, 0) is 13.3 Å². The van der Waals surface area contributed by atoms with Crippen LogP contribution in [0.25, 0.3) is 0 Å². The molecule has 2 rings (SSSR count). The molecule has 1 aliphatic rings. The van der Waals surface area contributed by atoms with Crippen LogP contribution in [0.3, 0.4) is 0 Å². The van der Waals surface area contributed by atoms with Crippen molar-refractivity contribution in [1.82, 2.24) is 14.5 Å². The van der Waals surface area contributed by atoms with Crippen molar-refractivity contribution in [1.29, 1.82) is 0 Å². The molecule has 0 N–H and O–H groups in total. The van der Waals surface area contributed by atoms with Crippen molar-refractivity contribution >= 4 is 17.7 Å². The number of hydrogen-bond acceptors (Lipinski definition) is 3. The molecule has 93 valence electrons. The number of aryl methyl sites for hydroxylation is 2. The van der Waals surface area contributed by atoms with E-state index in [1.165, 1.54) is 0 Å². The quantitative estimate of drug-likeness (QED) is 0.812. The molecule has 0 aliphatic carbocycles. The normalized spacial score (nSPS) is 16.2. The molecule has 1 aliphatic heterocycles. The number of aromatic nitrogens is 2. The van der Waals surface area contributed by atoms with E-state index >= 15 is 0 Å². The molecule has 1 aromatic heterocycles. The Balaban J connectivity index is 1.71. The number of imidazole rings is 1. The van der Waals surface area contributed by atoms with E-state index in [9.17, 15) is 4.79 Å². The summed E-state index contributed by atoms with van der Waals surface area (Å²) >= 11 is 1.93. The van der Waals surface area contributed by atoms with E-state index in [0.29, 0.717) is 12.3 Å². The molecule has 4 nitrogen and oxygen atoms in total. The first-order valence-electron chi connectivity index (χ1n) is 6.03. The summed E-state index contributed by atoms with van der Waals surface area (Å²) in [5, 5.41) is 0. The van der Waals surface area contributed by atoms with Crippen LogP contribution in [0.2, 0.25) is 0 Å². The minimum atomic E-state index is 0.298. The minimum Gasteiger partial charge on any atom is -0.341 e. The van der Waals surface area contributed by atoms with Gasteiger partial charge in [-0.2, -0.15) is 11.8 Å². The maximum Gasteiger partial charge on any atom is 0.222 e. The van der Waals surface area contributed by atoms with Crippen molar-refractivity contribution in [3.63, 3.8) is 0 Å². The smallest absolute Gasteiger partial charge is 0.222 e. The molecule has 1 amide bonds. The van der Waals surface area contributed by atoms with Crippen LogP contribution in [0.1, 0.15) is 18.7 Å². The number of thioether (sulfide) groups is 1. The number of hydrogen-bond donors (Lipinski definition) is 0. The third-order valence-electron chi connectivity index (χ3n) is 3.01. The second kappa shape index (κ2) is 6.10. The van der Waals surface area contributed by atoms with Gasteiger partial charge in [-0.1, -0.05) is 0 Å². The average Bonchev–Trinajstić information content (AvgIpc) is 2.76. The molecule has 0 spiro atoms. The Labute approximate surface area is 106 Å². The SMILES string of the molecule is Cc1n[c]cn1CCCC(=O)N1CCSCC1. The summed E-state index contributed by atoms with van der Waals surface area (Å²) in [5.74, 6) is 3.43.